The summed E-state index contributed by atoms with van der Waals surface area (Å²) in [5.41, 5.74) is -0.815. The topological polar surface area (TPSA) is 263 Å². The number of amides is 2. The molecule has 0 heterocycles. The molecule has 2 atom stereocenters. The molecule has 0 aliphatic heterocycles. The Bertz CT molecular complexity index is 2040. The highest BCUT2D eigenvalue weighted by atomic mass is 16.5. The second kappa shape index (κ2) is 18.0. The van der Waals surface area contributed by atoms with E-state index in [2.05, 4.69) is 40.6 Å². The highest BCUT2D eigenvalue weighted by molar-refractivity contribution is 6.35. The van der Waals surface area contributed by atoms with Crippen LogP contribution in [0.5, 0.6) is 0 Å². The van der Waals surface area contributed by atoms with Crippen molar-refractivity contribution in [3.63, 3.8) is 0 Å². The fraction of sp³-hybridized carbons (Fsp3) is 0.176. The van der Waals surface area contributed by atoms with E-state index < -0.39 is 59.0 Å². The van der Waals surface area contributed by atoms with E-state index >= 15 is 0 Å². The molecule has 0 spiro atoms. The van der Waals surface area contributed by atoms with Crippen LogP contribution in [0.15, 0.2) is 81.1 Å². The normalized spacial score (nSPS) is 11.9. The van der Waals surface area contributed by atoms with Gasteiger partial charge in [0.1, 0.15) is 5.69 Å². The first-order chi connectivity index (χ1) is 24.7. The van der Waals surface area contributed by atoms with Crippen LogP contribution in [0.25, 0.3) is 0 Å². The Morgan fingerprint density at radius 1 is 0.577 bits per heavy atom. The maximum absolute atomic E-state index is 13.0. The number of anilines is 2. The molecular formula is C34H28N6O12. The maximum Gasteiger partial charge on any atom is 0.340 e. The number of ether oxygens (including phenoxy) is 2. The van der Waals surface area contributed by atoms with Gasteiger partial charge in [-0.3, -0.25) is 38.4 Å². The predicted octanol–water partition coefficient (Wildman–Crippen LogP) is 3.38. The largest absolute Gasteiger partial charge is 0.465 e. The second-order valence-electron chi connectivity index (χ2n) is 10.4. The van der Waals surface area contributed by atoms with Crippen molar-refractivity contribution in [1.29, 1.82) is 0 Å². The number of carbonyl (C=O) groups is 10. The maximum atomic E-state index is 13.0. The first kappa shape index (κ1) is 39.2. The molecule has 3 aromatic carbocycles. The second-order valence-corrected chi connectivity index (χ2v) is 10.4. The lowest BCUT2D eigenvalue weighted by Crippen LogP contribution is -2.32. The average molecular weight is 713 g/mol. The van der Waals surface area contributed by atoms with Gasteiger partial charge in [0.15, 0.2) is 24.1 Å². The van der Waals surface area contributed by atoms with Crippen molar-refractivity contribution < 1.29 is 57.4 Å². The molecular weight excluding hydrogens is 684 g/mol. The number of hydrogen-bond donors (Lipinski definition) is 2. The summed E-state index contributed by atoms with van der Waals surface area (Å²) in [6, 6.07) is 8.80. The van der Waals surface area contributed by atoms with E-state index in [1.54, 1.807) is 0 Å². The number of ketones is 4. The third-order valence-electron chi connectivity index (χ3n) is 6.83. The molecule has 0 radical (unpaired) electrons. The third-order valence-corrected chi connectivity index (χ3v) is 6.83. The molecule has 2 amide bonds. The van der Waals surface area contributed by atoms with Gasteiger partial charge in [0.05, 0.1) is 36.6 Å². The lowest BCUT2D eigenvalue weighted by Gasteiger charge is -2.12. The van der Waals surface area contributed by atoms with Crippen LogP contribution in [-0.4, -0.2) is 85.8 Å². The predicted molar refractivity (Wildman–Crippen MR) is 178 cm³/mol. The number of hydrogen-bond acceptors (Lipinski definition) is 16. The summed E-state index contributed by atoms with van der Waals surface area (Å²) in [5, 5.41) is 20.0. The van der Waals surface area contributed by atoms with Gasteiger partial charge in [-0.25, -0.2) is 9.59 Å². The van der Waals surface area contributed by atoms with E-state index in [-0.39, 0.29) is 57.6 Å². The van der Waals surface area contributed by atoms with E-state index in [9.17, 15) is 47.9 Å². The van der Waals surface area contributed by atoms with Gasteiger partial charge in [0.25, 0.3) is 11.8 Å². The molecule has 0 fully saturated rings. The number of aldehydes is 2. The number of nitrogens with zero attached hydrogens (tertiary/aromatic N) is 4. The Kier molecular flexibility index (Phi) is 13.5. The standard InChI is InChI=1S/C34H28N6O12/c1-17(43)29(39-37-25-14-20(33(49)51-3)6-11-23(25)28(46)16-42)31(47)35-21-7-9-22(10-8-21)36-32(48)30(18(2)44)40-38-26-13-19(27(45)15-41)5-12-24(26)34(50)52-4/h5-16,29-30H,1-4H3,(H,35,47)(H,36,48)/b39-37+,40-38+. The van der Waals surface area contributed by atoms with Crippen molar-refractivity contribution in [3.8, 4) is 0 Å². The minimum atomic E-state index is -1.72. The van der Waals surface area contributed by atoms with Gasteiger partial charge < -0.3 is 20.1 Å². The number of esters is 2. The smallest absolute Gasteiger partial charge is 0.340 e. The van der Waals surface area contributed by atoms with Crippen molar-refractivity contribution in [2.45, 2.75) is 25.9 Å². The molecule has 0 aliphatic rings. The van der Waals surface area contributed by atoms with Crippen molar-refractivity contribution in [3.05, 3.63) is 82.9 Å². The molecule has 18 nitrogen and oxygen atoms in total. The quantitative estimate of drug-likeness (QED) is 0.0541. The number of benzene rings is 3. The Hall–Kier alpha value is -7.24. The van der Waals surface area contributed by atoms with Crippen LogP contribution >= 0.6 is 0 Å². The van der Waals surface area contributed by atoms with E-state index in [0.717, 1.165) is 46.3 Å². The van der Waals surface area contributed by atoms with Crippen molar-refractivity contribution >= 4 is 82.2 Å². The number of methoxy groups -OCH3 is 2. The van der Waals surface area contributed by atoms with E-state index in [1.807, 2.05) is 0 Å². The Morgan fingerprint density at radius 3 is 1.44 bits per heavy atom. The Labute approximate surface area is 293 Å². The molecule has 0 saturated carbocycles. The molecule has 0 aromatic heterocycles. The lowest BCUT2D eigenvalue weighted by atomic mass is 10.1. The van der Waals surface area contributed by atoms with E-state index in [0.29, 0.717) is 0 Å². The summed E-state index contributed by atoms with van der Waals surface area (Å²) in [6.07, 6.45) is 0.0678. The molecule has 0 bridgehead atoms. The molecule has 3 rings (SSSR count). The molecule has 18 heteroatoms. The minimum Gasteiger partial charge on any atom is -0.465 e. The molecule has 2 N–H and O–H groups in total. The van der Waals surface area contributed by atoms with Crippen LogP contribution in [0.2, 0.25) is 0 Å². The lowest BCUT2D eigenvalue weighted by molar-refractivity contribution is -0.127. The SMILES string of the molecule is COC(=O)c1ccc(C(=O)C=O)c(/N=N/C(C(C)=O)C(=O)Nc2ccc(NC(=O)C(/N=N/c3cc(C(=O)C=O)ccc3C(=O)OC)C(C)=O)cc2)c1. The zero-order valence-electron chi connectivity index (χ0n) is 27.8. The number of nitrogens with one attached hydrogen (secondary N) is 2. The summed E-state index contributed by atoms with van der Waals surface area (Å²) in [7, 11) is 2.21. The fourth-order valence-corrected chi connectivity index (χ4v) is 4.18. The van der Waals surface area contributed by atoms with Gasteiger partial charge >= 0.3 is 11.9 Å². The summed E-state index contributed by atoms with van der Waals surface area (Å²) in [4.78, 5) is 121. The van der Waals surface area contributed by atoms with Crippen LogP contribution < -0.4 is 10.6 Å². The van der Waals surface area contributed by atoms with Crippen molar-refractivity contribution in [1.82, 2.24) is 0 Å². The fourth-order valence-electron chi connectivity index (χ4n) is 4.18. The molecule has 0 saturated heterocycles. The highest BCUT2D eigenvalue weighted by Gasteiger charge is 2.26. The highest BCUT2D eigenvalue weighted by Crippen LogP contribution is 2.25. The Balaban J connectivity index is 1.78. The summed E-state index contributed by atoms with van der Waals surface area (Å²) in [6.45, 7) is 2.12. The van der Waals surface area contributed by atoms with Gasteiger partial charge in [0.2, 0.25) is 23.7 Å². The molecule has 266 valence electrons. The van der Waals surface area contributed by atoms with Crippen LogP contribution in [0, 0.1) is 0 Å². The summed E-state index contributed by atoms with van der Waals surface area (Å²) >= 11 is 0. The van der Waals surface area contributed by atoms with E-state index in [4.69, 9.17) is 0 Å². The molecule has 0 aliphatic carbocycles. The van der Waals surface area contributed by atoms with Crippen molar-refractivity contribution in [2.75, 3.05) is 24.9 Å². The zero-order valence-corrected chi connectivity index (χ0v) is 27.8. The monoisotopic (exact) mass is 712 g/mol. The van der Waals surface area contributed by atoms with Crippen molar-refractivity contribution in [2.24, 2.45) is 20.5 Å². The van der Waals surface area contributed by atoms with Gasteiger partial charge in [-0.2, -0.15) is 20.5 Å². The first-order valence-corrected chi connectivity index (χ1v) is 14.7. The van der Waals surface area contributed by atoms with Crippen LogP contribution in [0.1, 0.15) is 55.3 Å². The first-order valence-electron chi connectivity index (χ1n) is 14.7. The van der Waals surface area contributed by atoms with Crippen LogP contribution in [-0.2, 0) is 38.2 Å². The van der Waals surface area contributed by atoms with Crippen LogP contribution in [0.3, 0.4) is 0 Å². The zero-order chi connectivity index (χ0) is 38.5. The van der Waals surface area contributed by atoms with E-state index in [1.165, 1.54) is 42.5 Å². The summed E-state index contributed by atoms with van der Waals surface area (Å²) < 4.78 is 9.30. The van der Waals surface area contributed by atoms with Gasteiger partial charge in [0, 0.05) is 16.9 Å². The van der Waals surface area contributed by atoms with Gasteiger partial charge in [-0.15, -0.1) is 0 Å². The third kappa shape index (κ3) is 9.91. The average Bonchev–Trinajstić information content (AvgIpc) is 3.13. The minimum absolute atomic E-state index is 0.0156. The molecule has 52 heavy (non-hydrogen) atoms. The molecule has 3 aromatic rings. The summed E-state index contributed by atoms with van der Waals surface area (Å²) in [5.74, 6) is -6.93. The number of rotatable bonds is 16. The van der Waals surface area contributed by atoms with Gasteiger partial charge in [-0.1, -0.05) is 0 Å². The number of Topliss-reactive ketones (excluding diaryl/α,β-unsaturated/α-hetero) is 4. The Morgan fingerprint density at radius 2 is 1.00 bits per heavy atom. The van der Waals surface area contributed by atoms with Gasteiger partial charge in [-0.05, 0) is 74.5 Å². The number of carbonyl (C=O) groups excluding carboxylic acids is 10. The molecule has 2 unspecified atom stereocenters. The number of azo groups is 2. The van der Waals surface area contributed by atoms with Crippen LogP contribution in [0.4, 0.5) is 22.7 Å².